The van der Waals surface area contributed by atoms with Crippen molar-refractivity contribution in [1.29, 1.82) is 0 Å². The molecule has 3 N–H and O–H groups in total. The molecule has 0 saturated heterocycles. The summed E-state index contributed by atoms with van der Waals surface area (Å²) in [6.45, 7) is 2.68. The minimum Gasteiger partial charge on any atom is -0.333 e. The third-order valence-electron chi connectivity index (χ3n) is 2.23. The van der Waals surface area contributed by atoms with Crippen molar-refractivity contribution in [2.24, 2.45) is 5.73 Å². The molecule has 0 spiro atoms. The van der Waals surface area contributed by atoms with Gasteiger partial charge in [0.25, 0.3) is 0 Å². The second-order valence-corrected chi connectivity index (χ2v) is 4.59. The summed E-state index contributed by atoms with van der Waals surface area (Å²) in [7, 11) is 0. The zero-order valence-electron chi connectivity index (χ0n) is 9.23. The second kappa shape index (κ2) is 5.18. The Morgan fingerprint density at radius 1 is 1.44 bits per heavy atom. The van der Waals surface area contributed by atoms with Gasteiger partial charge >= 0.3 is 0 Å². The molecule has 0 fully saturated rings. The molecule has 3 nitrogen and oxygen atoms in total. The molecule has 2 rings (SSSR count). The normalized spacial score (nSPS) is 11.6. The van der Waals surface area contributed by atoms with Crippen LogP contribution >= 0.6 is 11.8 Å². The number of hydrogen-bond acceptors (Lipinski definition) is 3. The van der Waals surface area contributed by atoms with Gasteiger partial charge in [0.05, 0.1) is 11.0 Å². The van der Waals surface area contributed by atoms with Gasteiger partial charge in [0.1, 0.15) is 0 Å². The summed E-state index contributed by atoms with van der Waals surface area (Å²) in [4.78, 5) is 7.79. The smallest absolute Gasteiger partial charge is 0.166 e. The molecule has 0 radical (unpaired) electrons. The number of aromatic amines is 1. The summed E-state index contributed by atoms with van der Waals surface area (Å²) >= 11 is 1.68. The van der Waals surface area contributed by atoms with Crippen LogP contribution in [0.4, 0.5) is 0 Å². The third-order valence-corrected chi connectivity index (χ3v) is 3.06. The lowest BCUT2D eigenvalue weighted by atomic mass is 10.2. The summed E-state index contributed by atoms with van der Waals surface area (Å²) in [5.74, 6) is 0.899. The number of nitrogens with one attached hydrogen (secondary N) is 1. The molecule has 0 aliphatic rings. The predicted molar refractivity (Wildman–Crippen MR) is 69.7 cm³/mol. The molecule has 1 heterocycles. The zero-order chi connectivity index (χ0) is 11.4. The summed E-state index contributed by atoms with van der Waals surface area (Å²) < 4.78 is 0. The molecule has 0 atom stereocenters. The average molecular weight is 233 g/mol. The van der Waals surface area contributed by atoms with E-state index in [1.807, 2.05) is 12.1 Å². The van der Waals surface area contributed by atoms with Crippen molar-refractivity contribution in [2.45, 2.75) is 12.1 Å². The number of aromatic nitrogens is 2. The van der Waals surface area contributed by atoms with Crippen molar-refractivity contribution in [3.05, 3.63) is 35.9 Å². The van der Waals surface area contributed by atoms with Crippen LogP contribution in [0, 0.1) is 6.92 Å². The zero-order valence-corrected chi connectivity index (χ0v) is 10.1. The molecule has 4 heteroatoms. The maximum absolute atomic E-state index is 5.37. The molecular weight excluding hydrogens is 218 g/mol. The fraction of sp³-hybridized carbons (Fsp3) is 0.250. The Balaban J connectivity index is 2.11. The summed E-state index contributed by atoms with van der Waals surface area (Å²) in [5.41, 5.74) is 8.74. The fourth-order valence-corrected chi connectivity index (χ4v) is 2.19. The maximum atomic E-state index is 5.37. The van der Waals surface area contributed by atoms with E-state index < -0.39 is 0 Å². The molecule has 0 saturated carbocycles. The fourth-order valence-electron chi connectivity index (χ4n) is 1.46. The van der Waals surface area contributed by atoms with Crippen LogP contribution in [-0.4, -0.2) is 22.3 Å². The molecule has 1 aromatic heterocycles. The minimum absolute atomic E-state index is 0.597. The topological polar surface area (TPSA) is 54.7 Å². The van der Waals surface area contributed by atoms with Gasteiger partial charge < -0.3 is 10.7 Å². The van der Waals surface area contributed by atoms with Crippen LogP contribution in [-0.2, 0) is 0 Å². The van der Waals surface area contributed by atoms with Gasteiger partial charge in [0.15, 0.2) is 5.16 Å². The minimum atomic E-state index is 0.597. The molecule has 0 aliphatic carbocycles. The quantitative estimate of drug-likeness (QED) is 0.630. The van der Waals surface area contributed by atoms with E-state index in [0.717, 1.165) is 21.9 Å². The second-order valence-electron chi connectivity index (χ2n) is 3.58. The van der Waals surface area contributed by atoms with Crippen LogP contribution in [0.15, 0.2) is 35.5 Å². The Kier molecular flexibility index (Phi) is 3.64. The number of rotatable bonds is 4. The lowest BCUT2D eigenvalue weighted by molar-refractivity contribution is 1.08. The van der Waals surface area contributed by atoms with E-state index in [2.05, 4.69) is 35.1 Å². The third kappa shape index (κ3) is 2.65. The van der Waals surface area contributed by atoms with Crippen LogP contribution in [0.25, 0.3) is 11.0 Å². The number of nitrogens with two attached hydrogens (primary N) is 1. The van der Waals surface area contributed by atoms with Crippen molar-refractivity contribution < 1.29 is 0 Å². The van der Waals surface area contributed by atoms with Crippen LogP contribution in [0.3, 0.4) is 0 Å². The van der Waals surface area contributed by atoms with E-state index >= 15 is 0 Å². The molecule has 0 unspecified atom stereocenters. The first-order chi connectivity index (χ1) is 7.79. The highest BCUT2D eigenvalue weighted by molar-refractivity contribution is 7.99. The van der Waals surface area contributed by atoms with Crippen molar-refractivity contribution in [3.63, 3.8) is 0 Å². The Bertz CT molecular complexity index is 502. The molecule has 16 heavy (non-hydrogen) atoms. The van der Waals surface area contributed by atoms with Gasteiger partial charge in [-0.05, 0) is 24.6 Å². The van der Waals surface area contributed by atoms with Crippen LogP contribution in [0.5, 0.6) is 0 Å². The van der Waals surface area contributed by atoms with E-state index in [9.17, 15) is 0 Å². The highest BCUT2D eigenvalue weighted by Gasteiger charge is 2.01. The van der Waals surface area contributed by atoms with E-state index in [1.165, 1.54) is 5.56 Å². The lowest BCUT2D eigenvalue weighted by Crippen LogP contribution is -1.92. The Morgan fingerprint density at radius 3 is 3.12 bits per heavy atom. The molecule has 2 aromatic rings. The monoisotopic (exact) mass is 233 g/mol. The standard InChI is InChI=1S/C12H15N3S/c1-9-4-5-10-11(8-9)15-12(14-10)16-7-3-2-6-13/h2-5,8H,6-7,13H2,1H3,(H,14,15). The number of benzene rings is 1. The highest BCUT2D eigenvalue weighted by Crippen LogP contribution is 2.20. The molecule has 0 amide bonds. The van der Waals surface area contributed by atoms with Gasteiger partial charge in [-0.25, -0.2) is 4.98 Å². The lowest BCUT2D eigenvalue weighted by Gasteiger charge is -1.90. The van der Waals surface area contributed by atoms with E-state index in [4.69, 9.17) is 5.73 Å². The average Bonchev–Trinajstić information content (AvgIpc) is 2.66. The summed E-state index contributed by atoms with van der Waals surface area (Å²) in [5, 5.41) is 0.960. The molecular formula is C12H15N3S. The van der Waals surface area contributed by atoms with Crippen LogP contribution in [0.2, 0.25) is 0 Å². The Hall–Kier alpha value is -1.26. The van der Waals surface area contributed by atoms with Crippen molar-refractivity contribution in [1.82, 2.24) is 9.97 Å². The summed E-state index contributed by atoms with van der Waals surface area (Å²) in [6.07, 6.45) is 4.02. The van der Waals surface area contributed by atoms with Gasteiger partial charge in [0, 0.05) is 12.3 Å². The van der Waals surface area contributed by atoms with E-state index in [1.54, 1.807) is 11.8 Å². The van der Waals surface area contributed by atoms with Gasteiger partial charge in [-0.3, -0.25) is 0 Å². The number of aryl methyl sites for hydroxylation is 1. The number of imidazole rings is 1. The molecule has 1 aromatic carbocycles. The number of nitrogens with zero attached hydrogens (tertiary/aromatic N) is 1. The van der Waals surface area contributed by atoms with E-state index in [-0.39, 0.29) is 0 Å². The van der Waals surface area contributed by atoms with Gasteiger partial charge in [-0.15, -0.1) is 0 Å². The largest absolute Gasteiger partial charge is 0.333 e. The number of thioether (sulfide) groups is 1. The summed E-state index contributed by atoms with van der Waals surface area (Å²) in [6, 6.07) is 6.23. The van der Waals surface area contributed by atoms with Crippen LogP contribution in [0.1, 0.15) is 5.56 Å². The van der Waals surface area contributed by atoms with Crippen molar-refractivity contribution >= 4 is 22.8 Å². The SMILES string of the molecule is Cc1ccc2nc(SCC=CCN)[nH]c2c1. The molecule has 0 bridgehead atoms. The van der Waals surface area contributed by atoms with Gasteiger partial charge in [0.2, 0.25) is 0 Å². The van der Waals surface area contributed by atoms with E-state index in [0.29, 0.717) is 6.54 Å². The first-order valence-corrected chi connectivity index (χ1v) is 6.22. The molecule has 0 aliphatic heterocycles. The van der Waals surface area contributed by atoms with Crippen molar-refractivity contribution in [3.8, 4) is 0 Å². The number of H-pyrrole nitrogens is 1. The van der Waals surface area contributed by atoms with Gasteiger partial charge in [-0.2, -0.15) is 0 Å². The first kappa shape index (κ1) is 11.2. The van der Waals surface area contributed by atoms with Gasteiger partial charge in [-0.1, -0.05) is 30.0 Å². The Labute approximate surface area is 99.1 Å². The maximum Gasteiger partial charge on any atom is 0.166 e. The number of hydrogen-bond donors (Lipinski definition) is 2. The Morgan fingerprint density at radius 2 is 2.31 bits per heavy atom. The number of fused-ring (bicyclic) bond motifs is 1. The first-order valence-electron chi connectivity index (χ1n) is 5.24. The van der Waals surface area contributed by atoms with Crippen LogP contribution < -0.4 is 5.73 Å². The van der Waals surface area contributed by atoms with Crippen molar-refractivity contribution in [2.75, 3.05) is 12.3 Å². The predicted octanol–water partition coefficient (Wildman–Crippen LogP) is 2.48. The highest BCUT2D eigenvalue weighted by atomic mass is 32.2. The molecule has 84 valence electrons.